The van der Waals surface area contributed by atoms with Crippen molar-refractivity contribution < 1.29 is 19.0 Å². The predicted molar refractivity (Wildman–Crippen MR) is 61.3 cm³/mol. The van der Waals surface area contributed by atoms with Crippen LogP contribution in [0.5, 0.6) is 0 Å². The Morgan fingerprint density at radius 2 is 1.94 bits per heavy atom. The SMILES string of the molecule is CC(=O)N(C(C)=O)c1cccc2[n+]1CC(=O)S2. The van der Waals surface area contributed by atoms with Gasteiger partial charge in [-0.15, -0.1) is 4.90 Å². The van der Waals surface area contributed by atoms with E-state index in [0.717, 1.165) is 21.7 Å². The van der Waals surface area contributed by atoms with Crippen LogP contribution in [-0.4, -0.2) is 16.9 Å². The molecule has 1 aliphatic rings. The van der Waals surface area contributed by atoms with Crippen molar-refractivity contribution in [1.82, 2.24) is 0 Å². The van der Waals surface area contributed by atoms with Gasteiger partial charge in [0.1, 0.15) is 0 Å². The fourth-order valence-corrected chi connectivity index (χ4v) is 2.62. The zero-order valence-electron chi connectivity index (χ0n) is 9.47. The summed E-state index contributed by atoms with van der Waals surface area (Å²) in [5, 5.41) is 0.754. The third kappa shape index (κ3) is 2.08. The van der Waals surface area contributed by atoms with Crippen LogP contribution in [0.15, 0.2) is 23.2 Å². The summed E-state index contributed by atoms with van der Waals surface area (Å²) < 4.78 is 1.68. The van der Waals surface area contributed by atoms with Gasteiger partial charge in [0.15, 0.2) is 11.6 Å². The van der Waals surface area contributed by atoms with Gasteiger partial charge in [-0.25, -0.2) is 14.2 Å². The van der Waals surface area contributed by atoms with Crippen LogP contribution in [0.2, 0.25) is 0 Å². The molecule has 0 bridgehead atoms. The van der Waals surface area contributed by atoms with E-state index in [1.165, 1.54) is 13.8 Å². The summed E-state index contributed by atoms with van der Waals surface area (Å²) in [6.45, 7) is 2.84. The molecule has 0 aliphatic carbocycles. The van der Waals surface area contributed by atoms with Crippen molar-refractivity contribution in [2.24, 2.45) is 0 Å². The number of carbonyl (C=O) groups excluding carboxylic acids is 3. The molecule has 0 unspecified atom stereocenters. The lowest BCUT2D eigenvalue weighted by atomic mass is 10.3. The second kappa shape index (κ2) is 4.29. The minimum atomic E-state index is -0.359. The number of carbonyl (C=O) groups is 3. The van der Waals surface area contributed by atoms with E-state index in [9.17, 15) is 14.4 Å². The normalized spacial score (nSPS) is 13.4. The molecule has 0 aromatic carbocycles. The molecule has 5 nitrogen and oxygen atoms in total. The monoisotopic (exact) mass is 251 g/mol. The van der Waals surface area contributed by atoms with Gasteiger partial charge < -0.3 is 0 Å². The molecule has 17 heavy (non-hydrogen) atoms. The van der Waals surface area contributed by atoms with E-state index in [2.05, 4.69) is 0 Å². The van der Waals surface area contributed by atoms with Gasteiger partial charge in [0.25, 0.3) is 5.82 Å². The molecule has 1 aliphatic heterocycles. The van der Waals surface area contributed by atoms with E-state index in [-0.39, 0.29) is 23.5 Å². The molecule has 0 N–H and O–H groups in total. The lowest BCUT2D eigenvalue weighted by Gasteiger charge is -2.11. The molecular weight excluding hydrogens is 240 g/mol. The number of nitrogens with zero attached hydrogens (tertiary/aromatic N) is 2. The Bertz CT molecular complexity index is 513. The second-order valence-electron chi connectivity index (χ2n) is 3.66. The molecule has 1 aromatic heterocycles. The minimum absolute atomic E-state index is 0.00417. The van der Waals surface area contributed by atoms with Crippen molar-refractivity contribution in [2.75, 3.05) is 4.90 Å². The fraction of sp³-hybridized carbons (Fsp3) is 0.273. The zero-order valence-corrected chi connectivity index (χ0v) is 10.3. The Hall–Kier alpha value is -1.69. The molecule has 1 aromatic rings. The van der Waals surface area contributed by atoms with E-state index in [1.807, 2.05) is 0 Å². The van der Waals surface area contributed by atoms with Crippen LogP contribution in [-0.2, 0) is 20.9 Å². The molecule has 0 saturated carbocycles. The number of thioether (sulfide) groups is 1. The summed E-state index contributed by atoms with van der Waals surface area (Å²) in [6.07, 6.45) is 0. The number of aromatic nitrogens is 1. The van der Waals surface area contributed by atoms with Crippen LogP contribution < -0.4 is 9.47 Å². The summed E-state index contributed by atoms with van der Waals surface area (Å²) in [4.78, 5) is 35.4. The lowest BCUT2D eigenvalue weighted by molar-refractivity contribution is -0.703. The predicted octanol–water partition coefficient (Wildman–Crippen LogP) is 0.506. The van der Waals surface area contributed by atoms with Crippen molar-refractivity contribution in [3.05, 3.63) is 18.2 Å². The van der Waals surface area contributed by atoms with Gasteiger partial charge in [-0.3, -0.25) is 4.79 Å². The zero-order chi connectivity index (χ0) is 12.6. The molecule has 0 spiro atoms. The summed E-state index contributed by atoms with van der Waals surface area (Å²) in [7, 11) is 0. The highest BCUT2D eigenvalue weighted by Gasteiger charge is 2.34. The molecule has 0 radical (unpaired) electrons. The number of hydrogen-bond donors (Lipinski definition) is 0. The van der Waals surface area contributed by atoms with Crippen molar-refractivity contribution >= 4 is 34.5 Å². The number of fused-ring (bicyclic) bond motifs is 1. The molecular formula is C11H11N2O3S+. The maximum Gasteiger partial charge on any atom is 0.314 e. The van der Waals surface area contributed by atoms with Crippen molar-refractivity contribution in [3.8, 4) is 0 Å². The van der Waals surface area contributed by atoms with Crippen LogP contribution in [0, 0.1) is 0 Å². The Labute approximate surface area is 102 Å². The van der Waals surface area contributed by atoms with Gasteiger partial charge in [0.05, 0.1) is 0 Å². The average molecular weight is 251 g/mol. The second-order valence-corrected chi connectivity index (χ2v) is 4.73. The Kier molecular flexibility index (Phi) is 2.97. The highest BCUT2D eigenvalue weighted by Crippen LogP contribution is 2.24. The maximum absolute atomic E-state index is 11.5. The van der Waals surface area contributed by atoms with Gasteiger partial charge in [-0.1, -0.05) is 0 Å². The highest BCUT2D eigenvalue weighted by molar-refractivity contribution is 8.13. The van der Waals surface area contributed by atoms with Crippen molar-refractivity contribution in [2.45, 2.75) is 25.4 Å². The van der Waals surface area contributed by atoms with Crippen LogP contribution in [0.1, 0.15) is 13.8 Å². The van der Waals surface area contributed by atoms with E-state index in [4.69, 9.17) is 0 Å². The Morgan fingerprint density at radius 3 is 2.53 bits per heavy atom. The summed E-state index contributed by atoms with van der Waals surface area (Å²) in [5.41, 5.74) is 0. The molecule has 0 saturated heterocycles. The number of hydrogen-bond acceptors (Lipinski definition) is 4. The third-order valence-corrected chi connectivity index (χ3v) is 3.31. The first-order chi connectivity index (χ1) is 8.00. The van der Waals surface area contributed by atoms with Gasteiger partial charge in [-0.05, 0) is 23.9 Å². The van der Waals surface area contributed by atoms with Crippen LogP contribution in [0.3, 0.4) is 0 Å². The summed E-state index contributed by atoms with van der Waals surface area (Å²) in [6, 6.07) is 5.18. The minimum Gasteiger partial charge on any atom is -0.282 e. The first kappa shape index (κ1) is 11.8. The average Bonchev–Trinajstić information content (AvgIpc) is 2.58. The molecule has 88 valence electrons. The number of amides is 2. The quantitative estimate of drug-likeness (QED) is 0.682. The number of anilines is 1. The first-order valence-corrected chi connectivity index (χ1v) is 5.87. The number of rotatable bonds is 1. The smallest absolute Gasteiger partial charge is 0.282 e. The van der Waals surface area contributed by atoms with Gasteiger partial charge in [0, 0.05) is 19.9 Å². The van der Waals surface area contributed by atoms with Gasteiger partial charge in [0.2, 0.25) is 5.12 Å². The van der Waals surface area contributed by atoms with E-state index in [0.29, 0.717) is 5.82 Å². The largest absolute Gasteiger partial charge is 0.314 e. The van der Waals surface area contributed by atoms with Crippen LogP contribution in [0.4, 0.5) is 5.82 Å². The number of imide groups is 1. The molecule has 2 heterocycles. The van der Waals surface area contributed by atoms with Gasteiger partial charge >= 0.3 is 11.8 Å². The summed E-state index contributed by atoms with van der Waals surface area (Å²) in [5.74, 6) is -0.272. The third-order valence-electron chi connectivity index (χ3n) is 2.39. The van der Waals surface area contributed by atoms with Crippen LogP contribution in [0.25, 0.3) is 0 Å². The van der Waals surface area contributed by atoms with Crippen molar-refractivity contribution in [3.63, 3.8) is 0 Å². The van der Waals surface area contributed by atoms with Gasteiger partial charge in [-0.2, -0.15) is 0 Å². The topological polar surface area (TPSA) is 58.3 Å². The molecule has 0 fully saturated rings. The molecule has 2 amide bonds. The number of pyridine rings is 1. The molecule has 6 heteroatoms. The first-order valence-electron chi connectivity index (χ1n) is 5.05. The van der Waals surface area contributed by atoms with Crippen LogP contribution >= 0.6 is 11.8 Å². The summed E-state index contributed by atoms with van der Waals surface area (Å²) >= 11 is 1.12. The van der Waals surface area contributed by atoms with E-state index in [1.54, 1.807) is 22.8 Å². The maximum atomic E-state index is 11.5. The molecule has 2 rings (SSSR count). The van der Waals surface area contributed by atoms with E-state index >= 15 is 0 Å². The lowest BCUT2D eigenvalue weighted by Crippen LogP contribution is -2.46. The Morgan fingerprint density at radius 1 is 1.29 bits per heavy atom. The highest BCUT2D eigenvalue weighted by atomic mass is 32.2. The standard InChI is InChI=1S/C11H11N2O3S/c1-7(14)13(8(2)15)9-4-3-5-10-12(9)6-11(16)17-10/h3-5H,6H2,1-2H3/q+1. The van der Waals surface area contributed by atoms with E-state index < -0.39 is 0 Å². The Balaban J connectivity index is 2.53. The fourth-order valence-electron chi connectivity index (χ4n) is 1.77. The molecule has 0 atom stereocenters. The van der Waals surface area contributed by atoms with Crippen molar-refractivity contribution in [1.29, 1.82) is 0 Å².